The topological polar surface area (TPSA) is 76.2 Å². The Morgan fingerprint density at radius 3 is 2.31 bits per heavy atom. The molecule has 0 aliphatic carbocycles. The zero-order valence-electron chi connectivity index (χ0n) is 16.1. The minimum absolute atomic E-state index is 0.0733. The molecule has 1 aromatic rings. The second-order valence-corrected chi connectivity index (χ2v) is 9.45. The van der Waals surface area contributed by atoms with E-state index < -0.39 is 21.7 Å². The maximum Gasteiger partial charge on any atom is 0.410 e. The molecule has 146 valence electrons. The number of hydrogen-bond acceptors (Lipinski definition) is 5. The molecule has 0 bridgehead atoms. The highest BCUT2D eigenvalue weighted by Crippen LogP contribution is 2.20. The fourth-order valence-corrected chi connectivity index (χ4v) is 4.39. The molecule has 1 saturated heterocycles. The van der Waals surface area contributed by atoms with Crippen LogP contribution in [0.4, 0.5) is 4.79 Å². The Bertz CT molecular complexity index is 725. The van der Waals surface area contributed by atoms with Crippen molar-refractivity contribution in [1.82, 2.24) is 9.21 Å². The van der Waals surface area contributed by atoms with Crippen LogP contribution in [0.1, 0.15) is 33.3 Å². The van der Waals surface area contributed by atoms with Crippen molar-refractivity contribution in [2.45, 2.75) is 45.1 Å². The lowest BCUT2D eigenvalue weighted by Crippen LogP contribution is -2.56. The van der Waals surface area contributed by atoms with Gasteiger partial charge in [-0.2, -0.15) is 4.31 Å². The first kappa shape index (κ1) is 20.5. The van der Waals surface area contributed by atoms with E-state index in [-0.39, 0.29) is 24.9 Å². The van der Waals surface area contributed by atoms with Crippen molar-refractivity contribution in [3.63, 3.8) is 0 Å². The molecule has 0 saturated carbocycles. The highest BCUT2D eigenvalue weighted by Gasteiger charge is 2.35. The van der Waals surface area contributed by atoms with Crippen molar-refractivity contribution in [1.29, 1.82) is 0 Å². The van der Waals surface area contributed by atoms with Crippen molar-refractivity contribution in [3.8, 4) is 5.75 Å². The standard InChI is InChI=1S/C18H28N2O5S/c1-14-12-19(10-11-20(14)17(21)25-18(2,3)4)26(22,23)13-15-6-8-16(24-5)9-7-15/h6-9,14H,10-13H2,1-5H3. The number of nitrogens with zero attached hydrogens (tertiary/aromatic N) is 2. The number of carbonyl (C=O) groups excluding carboxylic acids is 1. The molecular weight excluding hydrogens is 356 g/mol. The fraction of sp³-hybridized carbons (Fsp3) is 0.611. The summed E-state index contributed by atoms with van der Waals surface area (Å²) in [5.74, 6) is 0.613. The van der Waals surface area contributed by atoms with E-state index in [1.165, 1.54) is 4.31 Å². The lowest BCUT2D eigenvalue weighted by atomic mass is 10.2. The summed E-state index contributed by atoms with van der Waals surface area (Å²) in [5.41, 5.74) is 0.127. The van der Waals surface area contributed by atoms with E-state index in [4.69, 9.17) is 9.47 Å². The van der Waals surface area contributed by atoms with Gasteiger partial charge in [0, 0.05) is 25.7 Å². The molecule has 0 N–H and O–H groups in total. The summed E-state index contributed by atoms with van der Waals surface area (Å²) in [6.45, 7) is 8.11. The number of piperazine rings is 1. The lowest BCUT2D eigenvalue weighted by Gasteiger charge is -2.39. The van der Waals surface area contributed by atoms with Crippen LogP contribution in [0.3, 0.4) is 0 Å². The van der Waals surface area contributed by atoms with Crippen molar-refractivity contribution >= 4 is 16.1 Å². The van der Waals surface area contributed by atoms with Crippen LogP contribution in [-0.2, 0) is 20.5 Å². The first-order valence-electron chi connectivity index (χ1n) is 8.62. The number of carbonyl (C=O) groups is 1. The number of benzene rings is 1. The van der Waals surface area contributed by atoms with Crippen molar-refractivity contribution in [3.05, 3.63) is 29.8 Å². The van der Waals surface area contributed by atoms with Crippen LogP contribution >= 0.6 is 0 Å². The number of methoxy groups -OCH3 is 1. The number of hydrogen-bond donors (Lipinski definition) is 0. The van der Waals surface area contributed by atoms with Gasteiger partial charge in [-0.05, 0) is 45.4 Å². The summed E-state index contributed by atoms with van der Waals surface area (Å²) in [4.78, 5) is 13.8. The predicted octanol–water partition coefficient (Wildman–Crippen LogP) is 2.47. The molecule has 1 fully saturated rings. The van der Waals surface area contributed by atoms with Crippen LogP contribution in [-0.4, -0.2) is 62.1 Å². The van der Waals surface area contributed by atoms with Gasteiger partial charge in [0.1, 0.15) is 11.4 Å². The van der Waals surface area contributed by atoms with Gasteiger partial charge in [0.25, 0.3) is 0 Å². The zero-order chi connectivity index (χ0) is 19.5. The van der Waals surface area contributed by atoms with Gasteiger partial charge in [0.05, 0.1) is 12.9 Å². The Labute approximate surface area is 155 Å². The molecule has 1 aliphatic rings. The highest BCUT2D eigenvalue weighted by molar-refractivity contribution is 7.88. The minimum Gasteiger partial charge on any atom is -0.497 e. The average Bonchev–Trinajstić information content (AvgIpc) is 2.53. The third-order valence-corrected chi connectivity index (χ3v) is 5.94. The molecule has 26 heavy (non-hydrogen) atoms. The average molecular weight is 384 g/mol. The molecule has 1 atom stereocenters. The van der Waals surface area contributed by atoms with Gasteiger partial charge in [0.15, 0.2) is 0 Å². The maximum atomic E-state index is 12.7. The van der Waals surface area contributed by atoms with E-state index in [9.17, 15) is 13.2 Å². The molecule has 8 heteroatoms. The lowest BCUT2D eigenvalue weighted by molar-refractivity contribution is 0.00857. The molecule has 0 spiro atoms. The molecule has 0 radical (unpaired) electrons. The number of ether oxygens (including phenoxy) is 2. The molecule has 1 aromatic carbocycles. The van der Waals surface area contributed by atoms with Gasteiger partial charge in [-0.15, -0.1) is 0 Å². The Morgan fingerprint density at radius 2 is 1.81 bits per heavy atom. The van der Waals surface area contributed by atoms with Crippen LogP contribution in [0.25, 0.3) is 0 Å². The normalized spacial score (nSPS) is 19.3. The maximum absolute atomic E-state index is 12.7. The Hall–Kier alpha value is -1.80. The van der Waals surface area contributed by atoms with Gasteiger partial charge in [-0.1, -0.05) is 12.1 Å². The van der Waals surface area contributed by atoms with Crippen molar-refractivity contribution in [2.24, 2.45) is 0 Å². The number of rotatable bonds is 4. The van der Waals surface area contributed by atoms with Crippen LogP contribution in [0, 0.1) is 0 Å². The van der Waals surface area contributed by atoms with Crippen molar-refractivity contribution in [2.75, 3.05) is 26.7 Å². The van der Waals surface area contributed by atoms with E-state index in [0.717, 1.165) is 0 Å². The Balaban J connectivity index is 2.00. The molecule has 2 rings (SSSR count). The van der Waals surface area contributed by atoms with E-state index in [1.807, 2.05) is 27.7 Å². The Kier molecular flexibility index (Phi) is 6.18. The van der Waals surface area contributed by atoms with Crippen LogP contribution in [0.5, 0.6) is 5.75 Å². The third kappa shape index (κ3) is 5.35. The third-order valence-electron chi connectivity index (χ3n) is 4.12. The minimum atomic E-state index is -3.46. The molecule has 1 amide bonds. The molecule has 1 aliphatic heterocycles. The van der Waals surface area contributed by atoms with Gasteiger partial charge in [0.2, 0.25) is 10.0 Å². The predicted molar refractivity (Wildman–Crippen MR) is 99.6 cm³/mol. The molecule has 0 aromatic heterocycles. The summed E-state index contributed by atoms with van der Waals surface area (Å²) in [6, 6.07) is 6.74. The van der Waals surface area contributed by atoms with E-state index >= 15 is 0 Å². The van der Waals surface area contributed by atoms with E-state index in [1.54, 1.807) is 36.3 Å². The van der Waals surface area contributed by atoms with Gasteiger partial charge >= 0.3 is 6.09 Å². The number of amides is 1. The molecule has 7 nitrogen and oxygen atoms in total. The smallest absolute Gasteiger partial charge is 0.410 e. The molecule has 1 heterocycles. The first-order valence-corrected chi connectivity index (χ1v) is 10.2. The molecule has 1 unspecified atom stereocenters. The van der Waals surface area contributed by atoms with Gasteiger partial charge < -0.3 is 14.4 Å². The monoisotopic (exact) mass is 384 g/mol. The number of sulfonamides is 1. The summed E-state index contributed by atoms with van der Waals surface area (Å²) < 4.78 is 37.4. The SMILES string of the molecule is COc1ccc(CS(=O)(=O)N2CCN(C(=O)OC(C)(C)C)C(C)C2)cc1. The zero-order valence-corrected chi connectivity index (χ0v) is 16.9. The van der Waals surface area contributed by atoms with Crippen LogP contribution < -0.4 is 4.74 Å². The van der Waals surface area contributed by atoms with Gasteiger partial charge in [-0.3, -0.25) is 0 Å². The first-order chi connectivity index (χ1) is 12.0. The second kappa shape index (κ2) is 7.84. The summed E-state index contributed by atoms with van der Waals surface area (Å²) in [7, 11) is -1.89. The second-order valence-electron chi connectivity index (χ2n) is 7.49. The molecular formula is C18H28N2O5S. The largest absolute Gasteiger partial charge is 0.497 e. The summed E-state index contributed by atoms with van der Waals surface area (Å²) in [6.07, 6.45) is -0.405. The van der Waals surface area contributed by atoms with Crippen LogP contribution in [0.15, 0.2) is 24.3 Å². The highest BCUT2D eigenvalue weighted by atomic mass is 32.2. The fourth-order valence-electron chi connectivity index (χ4n) is 2.79. The summed E-state index contributed by atoms with van der Waals surface area (Å²) in [5, 5.41) is 0. The van der Waals surface area contributed by atoms with Gasteiger partial charge in [-0.25, -0.2) is 13.2 Å². The van der Waals surface area contributed by atoms with Crippen molar-refractivity contribution < 1.29 is 22.7 Å². The quantitative estimate of drug-likeness (QED) is 0.797. The van der Waals surface area contributed by atoms with Crippen LogP contribution in [0.2, 0.25) is 0 Å². The Morgan fingerprint density at radius 1 is 1.19 bits per heavy atom. The van der Waals surface area contributed by atoms with E-state index in [2.05, 4.69) is 0 Å². The van der Waals surface area contributed by atoms with E-state index in [0.29, 0.717) is 17.9 Å². The summed E-state index contributed by atoms with van der Waals surface area (Å²) >= 11 is 0.